The van der Waals surface area contributed by atoms with Gasteiger partial charge in [-0.15, -0.1) is 11.8 Å². The molecule has 1 aliphatic heterocycles. The van der Waals surface area contributed by atoms with E-state index in [-0.39, 0.29) is 16.0 Å². The van der Waals surface area contributed by atoms with E-state index in [1.165, 1.54) is 18.7 Å². The lowest BCUT2D eigenvalue weighted by Crippen LogP contribution is -2.63. The van der Waals surface area contributed by atoms with Gasteiger partial charge in [-0.3, -0.25) is 14.5 Å². The summed E-state index contributed by atoms with van der Waals surface area (Å²) in [5.41, 5.74) is 0.323. The van der Waals surface area contributed by atoms with Crippen LogP contribution in [0.2, 0.25) is 0 Å². The highest BCUT2D eigenvalue weighted by atomic mass is 32.2. The van der Waals surface area contributed by atoms with Crippen molar-refractivity contribution in [2.45, 2.75) is 46.1 Å². The van der Waals surface area contributed by atoms with Crippen LogP contribution in [0.1, 0.15) is 45.7 Å². The van der Waals surface area contributed by atoms with Crippen LogP contribution in [0.25, 0.3) is 0 Å². The summed E-state index contributed by atoms with van der Waals surface area (Å²) < 4.78 is 11.2. The molecule has 0 radical (unpaired) electrons. The zero-order chi connectivity index (χ0) is 29.8. The van der Waals surface area contributed by atoms with E-state index in [0.717, 1.165) is 16.0 Å². The van der Waals surface area contributed by atoms with Crippen LogP contribution in [0.3, 0.4) is 0 Å². The number of hydrogen-bond donors (Lipinski definition) is 2. The summed E-state index contributed by atoms with van der Waals surface area (Å²) in [4.78, 5) is 40.3. The van der Waals surface area contributed by atoms with Crippen molar-refractivity contribution < 1.29 is 34.1 Å². The number of rotatable bonds is 11. The van der Waals surface area contributed by atoms with Crippen LogP contribution >= 0.6 is 35.7 Å². The number of nitrogens with zero attached hydrogens (tertiary/aromatic N) is 1. The molecule has 0 saturated carbocycles. The molecule has 214 valence electrons. The lowest BCUT2D eigenvalue weighted by atomic mass is 9.92. The summed E-state index contributed by atoms with van der Waals surface area (Å²) in [6.45, 7) is 8.51. The van der Waals surface area contributed by atoms with Crippen molar-refractivity contribution in [3.05, 3.63) is 70.4 Å². The van der Waals surface area contributed by atoms with Crippen molar-refractivity contribution in [1.82, 2.24) is 4.90 Å². The molecular formula is C29H33NO7S3. The Labute approximate surface area is 248 Å². The Morgan fingerprint density at radius 2 is 1.57 bits per heavy atom. The number of thiocarbonyl (C=S) groups is 1. The molecule has 1 fully saturated rings. The molecule has 0 spiro atoms. The molecule has 40 heavy (non-hydrogen) atoms. The molecular weight excluding hydrogens is 571 g/mol. The molecule has 2 N–H and O–H groups in total. The van der Waals surface area contributed by atoms with Gasteiger partial charge in [-0.1, -0.05) is 39.9 Å². The number of thioether (sulfide) groups is 2. The topological polar surface area (TPSA) is 113 Å². The van der Waals surface area contributed by atoms with Gasteiger partial charge >= 0.3 is 5.97 Å². The van der Waals surface area contributed by atoms with Gasteiger partial charge in [-0.25, -0.2) is 4.79 Å². The van der Waals surface area contributed by atoms with Gasteiger partial charge in [0.25, 0.3) is 0 Å². The number of ether oxygens (including phenoxy) is 2. The zero-order valence-electron chi connectivity index (χ0n) is 23.2. The number of aliphatic carboxylic acids is 1. The van der Waals surface area contributed by atoms with E-state index in [1.807, 2.05) is 31.2 Å². The van der Waals surface area contributed by atoms with Crippen LogP contribution in [-0.4, -0.2) is 61.3 Å². The molecule has 1 saturated heterocycles. The average molecular weight is 604 g/mol. The number of hydrogen-bond acceptors (Lipinski definition) is 9. The molecule has 3 atom stereocenters. The second kappa shape index (κ2) is 13.2. The van der Waals surface area contributed by atoms with E-state index >= 15 is 0 Å². The highest BCUT2D eigenvalue weighted by Gasteiger charge is 2.54. The lowest BCUT2D eigenvalue weighted by molar-refractivity contribution is -0.157. The van der Waals surface area contributed by atoms with Gasteiger partial charge in [0.1, 0.15) is 11.5 Å². The monoisotopic (exact) mass is 603 g/mol. The SMILES string of the molecule is CCS[C@@H]1[C@@H]([C@@H](C)O)C(=O)N1C(C(=O)O)=C(Oc1ccc(C(=S)c2ccc(OC)cc2)cc1)SC(=O)C(C)(C)C. The van der Waals surface area contributed by atoms with E-state index in [1.54, 1.807) is 52.1 Å². The number of aliphatic hydroxyl groups excluding tert-OH is 1. The van der Waals surface area contributed by atoms with Gasteiger partial charge in [0.2, 0.25) is 11.0 Å². The Balaban J connectivity index is 1.99. The number of carboxylic acid groups (broad SMARTS) is 1. The molecule has 2 aromatic rings. The Hall–Kier alpha value is -2.86. The molecule has 1 amide bonds. The maximum Gasteiger partial charge on any atom is 0.357 e. The van der Waals surface area contributed by atoms with Gasteiger partial charge in [0.05, 0.1) is 29.4 Å². The van der Waals surface area contributed by atoms with Crippen LogP contribution in [0.4, 0.5) is 0 Å². The first-order chi connectivity index (χ1) is 18.8. The third-order valence-corrected chi connectivity index (χ3v) is 8.97. The van der Waals surface area contributed by atoms with E-state index in [9.17, 15) is 24.6 Å². The van der Waals surface area contributed by atoms with Crippen molar-refractivity contribution in [2.24, 2.45) is 11.3 Å². The number of carbonyl (C=O) groups is 3. The molecule has 11 heteroatoms. The predicted octanol–water partition coefficient (Wildman–Crippen LogP) is 5.32. The minimum atomic E-state index is -1.42. The number of aliphatic hydroxyl groups is 1. The molecule has 3 rings (SSSR count). The third kappa shape index (κ3) is 7.06. The number of carbonyl (C=O) groups excluding carboxylic acids is 2. The van der Waals surface area contributed by atoms with E-state index in [2.05, 4.69) is 0 Å². The number of carboxylic acids is 1. The van der Waals surface area contributed by atoms with Crippen LogP contribution in [0.15, 0.2) is 59.3 Å². The fraction of sp³-hybridized carbons (Fsp3) is 0.379. The van der Waals surface area contributed by atoms with Crippen molar-refractivity contribution in [3.8, 4) is 11.5 Å². The summed E-state index contributed by atoms with van der Waals surface area (Å²) in [7, 11) is 1.59. The van der Waals surface area contributed by atoms with Gasteiger partial charge in [0.15, 0.2) is 10.8 Å². The first kappa shape index (κ1) is 31.7. The highest BCUT2D eigenvalue weighted by molar-refractivity contribution is 8.16. The molecule has 0 unspecified atom stereocenters. The molecule has 1 heterocycles. The second-order valence-corrected chi connectivity index (χ2v) is 12.8. The van der Waals surface area contributed by atoms with Crippen molar-refractivity contribution in [3.63, 3.8) is 0 Å². The van der Waals surface area contributed by atoms with Gasteiger partial charge in [-0.05, 0) is 84.1 Å². The Kier molecular flexibility index (Phi) is 10.5. The second-order valence-electron chi connectivity index (χ2n) is 10.1. The lowest BCUT2D eigenvalue weighted by Gasteiger charge is -2.47. The maximum atomic E-state index is 13.1. The number of amides is 1. The van der Waals surface area contributed by atoms with E-state index in [4.69, 9.17) is 21.7 Å². The predicted molar refractivity (Wildman–Crippen MR) is 162 cm³/mol. The highest BCUT2D eigenvalue weighted by Crippen LogP contribution is 2.43. The fourth-order valence-electron chi connectivity index (χ4n) is 3.85. The first-order valence-electron chi connectivity index (χ1n) is 12.6. The van der Waals surface area contributed by atoms with Crippen LogP contribution in [-0.2, 0) is 14.4 Å². The van der Waals surface area contributed by atoms with Crippen molar-refractivity contribution >= 4 is 57.6 Å². The number of β-lactam (4-membered cyclic amide) rings is 1. The average Bonchev–Trinajstić information content (AvgIpc) is 2.90. The molecule has 0 aromatic heterocycles. The summed E-state index contributed by atoms with van der Waals surface area (Å²) in [5, 5.41) is 19.2. The van der Waals surface area contributed by atoms with Crippen LogP contribution in [0, 0.1) is 11.3 Å². The zero-order valence-corrected chi connectivity index (χ0v) is 25.6. The van der Waals surface area contributed by atoms with Gasteiger partial charge in [-0.2, -0.15) is 0 Å². The molecule has 0 aliphatic carbocycles. The normalized spacial score (nSPS) is 18.4. The maximum absolute atomic E-state index is 13.1. The standard InChI is InChI=1S/C29H33NO7S3/c1-7-39-25-21(16(2)31)24(32)30(25)22(26(33)34)27(40-28(35)29(3,4)5)37-20-14-10-18(11-15-20)23(38)17-8-12-19(36-6)13-9-17/h8-16,21,25,31H,7H2,1-6H3,(H,33,34)/t16-,21+,25-/m1/s1. The number of likely N-dealkylation sites (tertiary alicyclic amines) is 1. The van der Waals surface area contributed by atoms with E-state index in [0.29, 0.717) is 28.1 Å². The van der Waals surface area contributed by atoms with Crippen LogP contribution in [0.5, 0.6) is 11.5 Å². The Morgan fingerprint density at radius 1 is 1.05 bits per heavy atom. The molecule has 0 bridgehead atoms. The van der Waals surface area contributed by atoms with E-state index < -0.39 is 40.4 Å². The fourth-order valence-corrected chi connectivity index (χ4v) is 6.27. The van der Waals surface area contributed by atoms with Crippen molar-refractivity contribution in [2.75, 3.05) is 12.9 Å². The van der Waals surface area contributed by atoms with Crippen molar-refractivity contribution in [1.29, 1.82) is 0 Å². The third-order valence-electron chi connectivity index (χ3n) is 6.06. The molecule has 1 aliphatic rings. The first-order valence-corrected chi connectivity index (χ1v) is 14.9. The number of methoxy groups -OCH3 is 1. The van der Waals surface area contributed by atoms with Gasteiger partial charge < -0.3 is 19.7 Å². The minimum Gasteiger partial charge on any atom is -0.497 e. The quantitative estimate of drug-likeness (QED) is 0.115. The summed E-state index contributed by atoms with van der Waals surface area (Å²) in [6.07, 6.45) is -0.960. The smallest absolute Gasteiger partial charge is 0.357 e. The summed E-state index contributed by atoms with van der Waals surface area (Å²) in [6, 6.07) is 14.1. The summed E-state index contributed by atoms with van der Waals surface area (Å²) in [5.74, 6) is -1.15. The molecule has 2 aromatic carbocycles. The summed E-state index contributed by atoms with van der Waals surface area (Å²) >= 11 is 7.61. The largest absolute Gasteiger partial charge is 0.497 e. The minimum absolute atomic E-state index is 0.225. The Bertz CT molecular complexity index is 1300. The van der Waals surface area contributed by atoms with Gasteiger partial charge in [0, 0.05) is 5.41 Å². The Morgan fingerprint density at radius 3 is 2.00 bits per heavy atom. The molecule has 8 nitrogen and oxygen atoms in total. The number of benzene rings is 2. The van der Waals surface area contributed by atoms with Crippen LogP contribution < -0.4 is 9.47 Å².